The van der Waals surface area contributed by atoms with Gasteiger partial charge in [0, 0.05) is 38.3 Å². The van der Waals surface area contributed by atoms with E-state index in [2.05, 4.69) is 10.2 Å². The molecule has 0 bridgehead atoms. The largest absolute Gasteiger partial charge is 0.399 e. The average Bonchev–Trinajstić information content (AvgIpc) is 2.47. The summed E-state index contributed by atoms with van der Waals surface area (Å²) >= 11 is 0. The van der Waals surface area contributed by atoms with Gasteiger partial charge >= 0.3 is 0 Å². The maximum Gasteiger partial charge on any atom is 0.221 e. The SMILES string of the molecule is Nc1ccc(CN2CCNC(=O)CC2)cc1. The molecule has 4 nitrogen and oxygen atoms in total. The molecule has 1 aromatic carbocycles. The first-order valence-electron chi connectivity index (χ1n) is 5.57. The van der Waals surface area contributed by atoms with Crippen LogP contribution in [0.5, 0.6) is 0 Å². The van der Waals surface area contributed by atoms with Gasteiger partial charge in [0.25, 0.3) is 0 Å². The number of nitrogen functional groups attached to an aromatic ring is 1. The zero-order valence-corrected chi connectivity index (χ0v) is 9.28. The Hall–Kier alpha value is -1.55. The van der Waals surface area contributed by atoms with Crippen LogP contribution in [0.15, 0.2) is 24.3 Å². The predicted molar refractivity (Wildman–Crippen MR) is 63.8 cm³/mol. The third kappa shape index (κ3) is 2.97. The number of rotatable bonds is 2. The number of anilines is 1. The summed E-state index contributed by atoms with van der Waals surface area (Å²) in [6, 6.07) is 7.90. The monoisotopic (exact) mass is 219 g/mol. The number of amides is 1. The molecule has 0 unspecified atom stereocenters. The van der Waals surface area contributed by atoms with E-state index in [9.17, 15) is 4.79 Å². The molecule has 1 heterocycles. The molecule has 4 heteroatoms. The van der Waals surface area contributed by atoms with Crippen LogP contribution in [0, 0.1) is 0 Å². The summed E-state index contributed by atoms with van der Waals surface area (Å²) in [6.07, 6.45) is 0.592. The summed E-state index contributed by atoms with van der Waals surface area (Å²) in [7, 11) is 0. The number of hydrogen-bond acceptors (Lipinski definition) is 3. The van der Waals surface area contributed by atoms with E-state index >= 15 is 0 Å². The van der Waals surface area contributed by atoms with Gasteiger partial charge < -0.3 is 11.1 Å². The zero-order chi connectivity index (χ0) is 11.4. The van der Waals surface area contributed by atoms with E-state index in [0.717, 1.165) is 31.9 Å². The van der Waals surface area contributed by atoms with Crippen LogP contribution in [0.2, 0.25) is 0 Å². The fourth-order valence-corrected chi connectivity index (χ4v) is 1.85. The number of nitrogens with two attached hydrogens (primary N) is 1. The third-order valence-corrected chi connectivity index (χ3v) is 2.79. The summed E-state index contributed by atoms with van der Waals surface area (Å²) in [6.45, 7) is 3.37. The molecule has 1 aliphatic rings. The van der Waals surface area contributed by atoms with E-state index in [1.54, 1.807) is 0 Å². The summed E-state index contributed by atoms with van der Waals surface area (Å²) in [5, 5.41) is 2.87. The van der Waals surface area contributed by atoms with E-state index in [1.165, 1.54) is 5.56 Å². The van der Waals surface area contributed by atoms with E-state index < -0.39 is 0 Å². The molecule has 0 atom stereocenters. The smallest absolute Gasteiger partial charge is 0.221 e. The Morgan fingerprint density at radius 3 is 2.75 bits per heavy atom. The molecule has 1 aromatic rings. The topological polar surface area (TPSA) is 58.4 Å². The molecular formula is C12H17N3O. The van der Waals surface area contributed by atoms with Crippen molar-refractivity contribution in [2.45, 2.75) is 13.0 Å². The van der Waals surface area contributed by atoms with Crippen LogP contribution in [0.1, 0.15) is 12.0 Å². The lowest BCUT2D eigenvalue weighted by Crippen LogP contribution is -2.28. The van der Waals surface area contributed by atoms with Gasteiger partial charge in [0.2, 0.25) is 5.91 Å². The van der Waals surface area contributed by atoms with Crippen LogP contribution in [0.4, 0.5) is 5.69 Å². The summed E-state index contributed by atoms with van der Waals surface area (Å²) in [5.41, 5.74) is 7.66. The van der Waals surface area contributed by atoms with Crippen molar-refractivity contribution in [3.63, 3.8) is 0 Å². The standard InChI is InChI=1S/C12H17N3O/c13-11-3-1-10(2-4-11)9-15-7-5-12(16)14-6-8-15/h1-4H,5-9,13H2,(H,14,16). The third-order valence-electron chi connectivity index (χ3n) is 2.79. The molecule has 1 saturated heterocycles. The molecule has 0 saturated carbocycles. The van der Waals surface area contributed by atoms with Crippen LogP contribution >= 0.6 is 0 Å². The highest BCUT2D eigenvalue weighted by atomic mass is 16.1. The lowest BCUT2D eigenvalue weighted by molar-refractivity contribution is -0.120. The first-order chi connectivity index (χ1) is 7.74. The second-order valence-corrected chi connectivity index (χ2v) is 4.12. The van der Waals surface area contributed by atoms with Crippen molar-refractivity contribution >= 4 is 11.6 Å². The molecule has 1 amide bonds. The predicted octanol–water partition coefficient (Wildman–Crippen LogP) is 0.591. The van der Waals surface area contributed by atoms with E-state index in [4.69, 9.17) is 5.73 Å². The molecule has 86 valence electrons. The van der Waals surface area contributed by atoms with Crippen molar-refractivity contribution < 1.29 is 4.79 Å². The Morgan fingerprint density at radius 1 is 1.25 bits per heavy atom. The number of benzene rings is 1. The fourth-order valence-electron chi connectivity index (χ4n) is 1.85. The first-order valence-corrected chi connectivity index (χ1v) is 5.57. The molecule has 1 aliphatic heterocycles. The Bertz CT molecular complexity index is 361. The number of nitrogens with one attached hydrogen (secondary N) is 1. The van der Waals surface area contributed by atoms with Crippen molar-refractivity contribution in [2.24, 2.45) is 0 Å². The Labute approximate surface area is 95.4 Å². The number of hydrogen-bond donors (Lipinski definition) is 2. The van der Waals surface area contributed by atoms with Crippen LogP contribution in [0.25, 0.3) is 0 Å². The molecule has 0 radical (unpaired) electrons. The lowest BCUT2D eigenvalue weighted by Gasteiger charge is -2.18. The van der Waals surface area contributed by atoms with Gasteiger partial charge in [-0.3, -0.25) is 9.69 Å². The van der Waals surface area contributed by atoms with Crippen molar-refractivity contribution in [1.29, 1.82) is 0 Å². The maximum atomic E-state index is 11.2. The van der Waals surface area contributed by atoms with Gasteiger partial charge in [-0.2, -0.15) is 0 Å². The van der Waals surface area contributed by atoms with Gasteiger partial charge in [0.15, 0.2) is 0 Å². The van der Waals surface area contributed by atoms with Crippen LogP contribution < -0.4 is 11.1 Å². The molecule has 2 rings (SSSR count). The Morgan fingerprint density at radius 2 is 2.00 bits per heavy atom. The van der Waals surface area contributed by atoms with Crippen molar-refractivity contribution in [2.75, 3.05) is 25.4 Å². The summed E-state index contributed by atoms with van der Waals surface area (Å²) in [4.78, 5) is 13.5. The second-order valence-electron chi connectivity index (χ2n) is 4.12. The highest BCUT2D eigenvalue weighted by molar-refractivity contribution is 5.76. The van der Waals surface area contributed by atoms with Gasteiger partial charge in [0.1, 0.15) is 0 Å². The zero-order valence-electron chi connectivity index (χ0n) is 9.28. The Balaban J connectivity index is 1.93. The lowest BCUT2D eigenvalue weighted by atomic mass is 10.2. The second kappa shape index (κ2) is 4.99. The molecule has 0 spiro atoms. The van der Waals surface area contributed by atoms with E-state index in [1.807, 2.05) is 24.3 Å². The van der Waals surface area contributed by atoms with Gasteiger partial charge in [0.05, 0.1) is 0 Å². The summed E-state index contributed by atoms with van der Waals surface area (Å²) < 4.78 is 0. The fraction of sp³-hybridized carbons (Fsp3) is 0.417. The highest BCUT2D eigenvalue weighted by Crippen LogP contribution is 2.09. The first kappa shape index (κ1) is 11.0. The normalized spacial score (nSPS) is 17.9. The molecule has 16 heavy (non-hydrogen) atoms. The number of carbonyl (C=O) groups is 1. The van der Waals surface area contributed by atoms with E-state index in [-0.39, 0.29) is 5.91 Å². The van der Waals surface area contributed by atoms with Gasteiger partial charge in [-0.1, -0.05) is 12.1 Å². The highest BCUT2D eigenvalue weighted by Gasteiger charge is 2.13. The minimum Gasteiger partial charge on any atom is -0.399 e. The van der Waals surface area contributed by atoms with Gasteiger partial charge in [-0.25, -0.2) is 0 Å². The minimum absolute atomic E-state index is 0.153. The minimum atomic E-state index is 0.153. The average molecular weight is 219 g/mol. The van der Waals surface area contributed by atoms with Crippen LogP contribution in [-0.2, 0) is 11.3 Å². The van der Waals surface area contributed by atoms with Gasteiger partial charge in [-0.05, 0) is 17.7 Å². The maximum absolute atomic E-state index is 11.2. The molecular weight excluding hydrogens is 202 g/mol. The Kier molecular flexibility index (Phi) is 3.41. The van der Waals surface area contributed by atoms with Crippen molar-refractivity contribution in [3.8, 4) is 0 Å². The van der Waals surface area contributed by atoms with Gasteiger partial charge in [-0.15, -0.1) is 0 Å². The molecule has 0 aromatic heterocycles. The number of carbonyl (C=O) groups excluding carboxylic acids is 1. The molecule has 0 aliphatic carbocycles. The number of nitrogens with zero attached hydrogens (tertiary/aromatic N) is 1. The van der Waals surface area contributed by atoms with E-state index in [0.29, 0.717) is 6.42 Å². The van der Waals surface area contributed by atoms with Crippen molar-refractivity contribution in [1.82, 2.24) is 10.2 Å². The molecule has 1 fully saturated rings. The quantitative estimate of drug-likeness (QED) is 0.716. The van der Waals surface area contributed by atoms with Crippen LogP contribution in [-0.4, -0.2) is 30.4 Å². The molecule has 3 N–H and O–H groups in total. The summed E-state index contributed by atoms with van der Waals surface area (Å²) in [5.74, 6) is 0.153. The van der Waals surface area contributed by atoms with Crippen LogP contribution in [0.3, 0.4) is 0 Å². The van der Waals surface area contributed by atoms with Crippen molar-refractivity contribution in [3.05, 3.63) is 29.8 Å².